The summed E-state index contributed by atoms with van der Waals surface area (Å²) in [5.41, 5.74) is 1.81. The van der Waals surface area contributed by atoms with Gasteiger partial charge in [0.25, 0.3) is 0 Å². The lowest BCUT2D eigenvalue weighted by Crippen LogP contribution is -2.11. The van der Waals surface area contributed by atoms with Crippen LogP contribution in [-0.2, 0) is 9.59 Å². The zero-order valence-corrected chi connectivity index (χ0v) is 10.1. The maximum Gasteiger partial charge on any atom is 0.221 e. The van der Waals surface area contributed by atoms with Gasteiger partial charge in [-0.1, -0.05) is 11.8 Å². The van der Waals surface area contributed by atoms with Gasteiger partial charge in [-0.25, -0.2) is 0 Å². The maximum atomic E-state index is 11.1. The molecule has 0 saturated carbocycles. The number of hydrogen-bond donors (Lipinski definition) is 2. The quantitative estimate of drug-likeness (QED) is 0.771. The fraction of sp³-hybridized carbons (Fsp3) is 0.143. The number of anilines is 2. The van der Waals surface area contributed by atoms with E-state index in [-0.39, 0.29) is 11.8 Å². The first-order valence-electron chi connectivity index (χ1n) is 5.14. The minimum atomic E-state index is -0.256. The topological polar surface area (TPSA) is 58.2 Å². The molecule has 1 aromatic rings. The van der Waals surface area contributed by atoms with E-state index in [1.54, 1.807) is 12.1 Å². The van der Waals surface area contributed by atoms with Crippen molar-refractivity contribution in [2.24, 2.45) is 0 Å². The van der Waals surface area contributed by atoms with Crippen LogP contribution in [0.2, 0.25) is 0 Å². The molecular weight excluding hydrogens is 228 g/mol. The van der Waals surface area contributed by atoms with Crippen molar-refractivity contribution in [3.05, 3.63) is 23.3 Å². The molecule has 0 saturated heterocycles. The molecule has 0 bridgehead atoms. The Bertz CT molecular complexity index is 540. The van der Waals surface area contributed by atoms with E-state index in [4.69, 9.17) is 12.8 Å². The third-order valence-corrected chi connectivity index (χ3v) is 2.09. The van der Waals surface area contributed by atoms with Gasteiger partial charge in [-0.15, -0.1) is 12.8 Å². The summed E-state index contributed by atoms with van der Waals surface area (Å²) in [7, 11) is 0. The molecular formula is C14H12N2O2. The lowest BCUT2D eigenvalue weighted by molar-refractivity contribution is -0.115. The van der Waals surface area contributed by atoms with Crippen molar-refractivity contribution in [3.8, 4) is 24.7 Å². The highest BCUT2D eigenvalue weighted by Crippen LogP contribution is 2.25. The van der Waals surface area contributed by atoms with E-state index in [0.717, 1.165) is 0 Å². The predicted molar refractivity (Wildman–Crippen MR) is 70.9 cm³/mol. The Morgan fingerprint density at radius 3 is 1.61 bits per heavy atom. The fourth-order valence-electron chi connectivity index (χ4n) is 1.42. The molecule has 1 aromatic carbocycles. The summed E-state index contributed by atoms with van der Waals surface area (Å²) in [4.78, 5) is 22.1. The van der Waals surface area contributed by atoms with Crippen LogP contribution in [0.5, 0.6) is 0 Å². The molecule has 2 amide bonds. The Kier molecular flexibility index (Phi) is 4.12. The number of amides is 2. The maximum absolute atomic E-state index is 11.1. The largest absolute Gasteiger partial charge is 0.325 e. The molecule has 0 radical (unpaired) electrons. The van der Waals surface area contributed by atoms with E-state index in [1.165, 1.54) is 13.8 Å². The highest BCUT2D eigenvalue weighted by atomic mass is 16.2. The van der Waals surface area contributed by atoms with Crippen molar-refractivity contribution in [3.63, 3.8) is 0 Å². The molecule has 0 spiro atoms. The first kappa shape index (κ1) is 13.3. The van der Waals surface area contributed by atoms with Gasteiger partial charge in [-0.3, -0.25) is 9.59 Å². The Hall–Kier alpha value is -2.72. The second kappa shape index (κ2) is 5.56. The van der Waals surface area contributed by atoms with Gasteiger partial charge in [-0.2, -0.15) is 0 Å². The second-order valence-electron chi connectivity index (χ2n) is 3.59. The molecule has 4 nitrogen and oxygen atoms in total. The highest BCUT2D eigenvalue weighted by Gasteiger charge is 2.09. The van der Waals surface area contributed by atoms with Gasteiger partial charge in [0.15, 0.2) is 0 Å². The second-order valence-corrected chi connectivity index (χ2v) is 3.59. The van der Waals surface area contributed by atoms with Crippen LogP contribution in [0.25, 0.3) is 0 Å². The molecule has 0 aliphatic heterocycles. The SMILES string of the molecule is C#Cc1cc(C#C)c(NC(C)=O)cc1NC(C)=O. The number of terminal acetylenes is 2. The van der Waals surface area contributed by atoms with E-state index in [9.17, 15) is 9.59 Å². The Labute approximate surface area is 106 Å². The molecule has 0 aromatic heterocycles. The predicted octanol–water partition coefficient (Wildman–Crippen LogP) is 1.57. The molecule has 0 fully saturated rings. The van der Waals surface area contributed by atoms with Crippen LogP contribution < -0.4 is 10.6 Å². The summed E-state index contributed by atoms with van der Waals surface area (Å²) in [6.45, 7) is 2.74. The van der Waals surface area contributed by atoms with Gasteiger partial charge < -0.3 is 10.6 Å². The average molecular weight is 240 g/mol. The summed E-state index contributed by atoms with van der Waals surface area (Å²) in [6, 6.07) is 3.11. The van der Waals surface area contributed by atoms with Crippen LogP contribution in [-0.4, -0.2) is 11.8 Å². The lowest BCUT2D eigenvalue weighted by Gasteiger charge is -2.11. The smallest absolute Gasteiger partial charge is 0.221 e. The molecule has 0 aliphatic rings. The Balaban J connectivity index is 3.35. The molecule has 90 valence electrons. The monoisotopic (exact) mass is 240 g/mol. The number of nitrogens with one attached hydrogen (secondary N) is 2. The summed E-state index contributed by atoms with van der Waals surface area (Å²) in [5.74, 6) is 4.35. The zero-order chi connectivity index (χ0) is 13.7. The number of benzene rings is 1. The number of carbonyl (C=O) groups excluding carboxylic acids is 2. The molecule has 0 heterocycles. The van der Waals surface area contributed by atoms with E-state index in [1.807, 2.05) is 0 Å². The highest BCUT2D eigenvalue weighted by molar-refractivity contribution is 5.95. The van der Waals surface area contributed by atoms with Gasteiger partial charge in [-0.05, 0) is 12.1 Å². The minimum absolute atomic E-state index is 0.256. The summed E-state index contributed by atoms with van der Waals surface area (Å²) >= 11 is 0. The normalized spacial score (nSPS) is 8.89. The van der Waals surface area contributed by atoms with Crippen molar-refractivity contribution < 1.29 is 9.59 Å². The first-order valence-corrected chi connectivity index (χ1v) is 5.14. The Morgan fingerprint density at radius 1 is 0.944 bits per heavy atom. The molecule has 1 rings (SSSR count). The molecule has 2 N–H and O–H groups in total. The van der Waals surface area contributed by atoms with Gasteiger partial charge in [0, 0.05) is 25.0 Å². The standard InChI is InChI=1S/C14H12N2O2/c1-5-11-7-12(6-2)14(16-10(4)18)8-13(11)15-9(3)17/h1-2,7-8H,3-4H3,(H,15,17)(H,16,18). The lowest BCUT2D eigenvalue weighted by atomic mass is 10.1. The molecule has 4 heteroatoms. The van der Waals surface area contributed by atoms with Gasteiger partial charge in [0.05, 0.1) is 11.4 Å². The summed E-state index contributed by atoms with van der Waals surface area (Å²) < 4.78 is 0. The van der Waals surface area contributed by atoms with E-state index >= 15 is 0 Å². The average Bonchev–Trinajstić information content (AvgIpc) is 2.28. The van der Waals surface area contributed by atoms with Crippen molar-refractivity contribution in [1.29, 1.82) is 0 Å². The molecule has 0 aliphatic carbocycles. The van der Waals surface area contributed by atoms with Gasteiger partial charge in [0.2, 0.25) is 11.8 Å². The molecule has 0 unspecified atom stereocenters. The van der Waals surface area contributed by atoms with Crippen LogP contribution in [0.1, 0.15) is 25.0 Å². The van der Waals surface area contributed by atoms with Crippen LogP contribution in [0.4, 0.5) is 11.4 Å². The summed E-state index contributed by atoms with van der Waals surface area (Å²) in [5, 5.41) is 5.18. The van der Waals surface area contributed by atoms with Gasteiger partial charge >= 0.3 is 0 Å². The van der Waals surface area contributed by atoms with Crippen molar-refractivity contribution in [1.82, 2.24) is 0 Å². The summed E-state index contributed by atoms with van der Waals surface area (Å²) in [6.07, 6.45) is 10.7. The third-order valence-electron chi connectivity index (χ3n) is 2.09. The van der Waals surface area contributed by atoms with E-state index in [2.05, 4.69) is 22.5 Å². The third kappa shape index (κ3) is 3.13. The van der Waals surface area contributed by atoms with Crippen LogP contribution >= 0.6 is 0 Å². The van der Waals surface area contributed by atoms with Crippen LogP contribution in [0, 0.1) is 24.7 Å². The Morgan fingerprint density at radius 2 is 1.33 bits per heavy atom. The molecule has 0 atom stereocenters. The van der Waals surface area contributed by atoms with E-state index < -0.39 is 0 Å². The minimum Gasteiger partial charge on any atom is -0.325 e. The van der Waals surface area contributed by atoms with Crippen molar-refractivity contribution in [2.45, 2.75) is 13.8 Å². The number of hydrogen-bond acceptors (Lipinski definition) is 2. The van der Waals surface area contributed by atoms with Crippen LogP contribution in [0.3, 0.4) is 0 Å². The number of carbonyl (C=O) groups is 2. The van der Waals surface area contributed by atoms with E-state index in [0.29, 0.717) is 22.5 Å². The van der Waals surface area contributed by atoms with Gasteiger partial charge in [0.1, 0.15) is 0 Å². The molecule has 18 heavy (non-hydrogen) atoms. The number of rotatable bonds is 2. The zero-order valence-electron chi connectivity index (χ0n) is 10.1. The van der Waals surface area contributed by atoms with Crippen molar-refractivity contribution >= 4 is 23.2 Å². The van der Waals surface area contributed by atoms with Crippen LogP contribution in [0.15, 0.2) is 12.1 Å². The van der Waals surface area contributed by atoms with Crippen molar-refractivity contribution in [2.75, 3.05) is 10.6 Å². The first-order chi connectivity index (χ1) is 8.47. The fourth-order valence-corrected chi connectivity index (χ4v) is 1.42.